The first-order valence-electron chi connectivity index (χ1n) is 9.37. The molecule has 0 aliphatic carbocycles. The second-order valence-corrected chi connectivity index (χ2v) is 6.73. The van der Waals surface area contributed by atoms with Gasteiger partial charge in [0.05, 0.1) is 13.1 Å². The molecule has 0 spiro atoms. The van der Waals surface area contributed by atoms with Crippen molar-refractivity contribution in [2.75, 3.05) is 6.54 Å². The van der Waals surface area contributed by atoms with E-state index in [9.17, 15) is 13.2 Å². The molecule has 3 heterocycles. The molecule has 0 aromatic carbocycles. The molecule has 2 N–H and O–H groups in total. The fraction of sp³-hybridized carbons (Fsp3) is 0.647. The SMILES string of the molecule is CCNC(=NCc1cn(C)nc1C(F)(F)F)NC1CCc2nc(CC)nn2C1. The van der Waals surface area contributed by atoms with Gasteiger partial charge in [-0.2, -0.15) is 23.4 Å². The third-order valence-corrected chi connectivity index (χ3v) is 4.48. The summed E-state index contributed by atoms with van der Waals surface area (Å²) in [4.78, 5) is 8.83. The molecule has 2 aromatic heterocycles. The predicted molar refractivity (Wildman–Crippen MR) is 97.7 cm³/mol. The number of aliphatic imine (C=N–C) groups is 1. The van der Waals surface area contributed by atoms with Crippen molar-refractivity contribution >= 4 is 5.96 Å². The summed E-state index contributed by atoms with van der Waals surface area (Å²) < 4.78 is 42.4. The largest absolute Gasteiger partial charge is 0.435 e. The van der Waals surface area contributed by atoms with Crippen LogP contribution in [-0.2, 0) is 39.2 Å². The van der Waals surface area contributed by atoms with E-state index in [0.717, 1.165) is 35.6 Å². The summed E-state index contributed by atoms with van der Waals surface area (Å²) in [7, 11) is 1.47. The molecule has 0 saturated carbocycles. The van der Waals surface area contributed by atoms with Crippen molar-refractivity contribution in [2.24, 2.45) is 12.0 Å². The van der Waals surface area contributed by atoms with Crippen LogP contribution in [0.5, 0.6) is 0 Å². The van der Waals surface area contributed by atoms with E-state index in [0.29, 0.717) is 19.0 Å². The quantitative estimate of drug-likeness (QED) is 0.591. The van der Waals surface area contributed by atoms with Crippen molar-refractivity contribution in [1.29, 1.82) is 0 Å². The maximum atomic E-state index is 13.1. The summed E-state index contributed by atoms with van der Waals surface area (Å²) in [5, 5.41) is 14.4. The molecule has 1 unspecified atom stereocenters. The van der Waals surface area contributed by atoms with E-state index in [1.807, 2.05) is 18.5 Å². The van der Waals surface area contributed by atoms with E-state index in [1.54, 1.807) is 0 Å². The average molecular weight is 398 g/mol. The standard InChI is InChI=1S/C17H25F3N8/c1-4-13-24-14-7-6-12(10-28(14)25-13)23-16(21-5-2)22-8-11-9-27(3)26-15(11)17(18,19)20/h9,12H,4-8,10H2,1-3H3,(H2,21,22,23). The second-order valence-electron chi connectivity index (χ2n) is 6.73. The molecule has 2 aromatic rings. The highest BCUT2D eigenvalue weighted by atomic mass is 19.4. The highest BCUT2D eigenvalue weighted by molar-refractivity contribution is 5.80. The Morgan fingerprint density at radius 3 is 2.79 bits per heavy atom. The predicted octanol–water partition coefficient (Wildman–Crippen LogP) is 1.66. The van der Waals surface area contributed by atoms with Gasteiger partial charge in [-0.25, -0.2) is 14.7 Å². The first kappa shape index (κ1) is 20.2. The molecule has 1 aliphatic heterocycles. The lowest BCUT2D eigenvalue weighted by atomic mass is 10.1. The molecule has 0 bridgehead atoms. The lowest BCUT2D eigenvalue weighted by Gasteiger charge is -2.25. The van der Waals surface area contributed by atoms with Gasteiger partial charge >= 0.3 is 6.18 Å². The molecule has 8 nitrogen and oxygen atoms in total. The first-order chi connectivity index (χ1) is 13.3. The normalized spacial score (nSPS) is 17.5. The number of nitrogens with zero attached hydrogens (tertiary/aromatic N) is 6. The maximum absolute atomic E-state index is 13.1. The number of guanidine groups is 1. The second kappa shape index (κ2) is 8.19. The van der Waals surface area contributed by atoms with Crippen molar-refractivity contribution in [2.45, 2.75) is 58.4 Å². The molecule has 28 heavy (non-hydrogen) atoms. The number of aryl methyl sites for hydroxylation is 3. The number of aromatic nitrogens is 5. The van der Waals surface area contributed by atoms with Gasteiger partial charge in [0.25, 0.3) is 0 Å². The summed E-state index contributed by atoms with van der Waals surface area (Å²) in [6.45, 7) is 5.06. The molecular weight excluding hydrogens is 373 g/mol. The van der Waals surface area contributed by atoms with Crippen LogP contribution in [0.4, 0.5) is 13.2 Å². The van der Waals surface area contributed by atoms with E-state index in [4.69, 9.17) is 0 Å². The molecule has 0 fully saturated rings. The monoisotopic (exact) mass is 398 g/mol. The molecule has 1 aliphatic rings. The fourth-order valence-corrected chi connectivity index (χ4v) is 3.20. The van der Waals surface area contributed by atoms with Crippen molar-refractivity contribution in [1.82, 2.24) is 35.2 Å². The van der Waals surface area contributed by atoms with E-state index in [1.165, 1.54) is 13.2 Å². The van der Waals surface area contributed by atoms with Crippen LogP contribution >= 0.6 is 0 Å². The zero-order valence-corrected chi connectivity index (χ0v) is 16.2. The number of fused-ring (bicyclic) bond motifs is 1. The molecule has 154 valence electrons. The molecule has 0 amide bonds. The number of rotatable bonds is 5. The number of hydrogen-bond acceptors (Lipinski definition) is 4. The fourth-order valence-electron chi connectivity index (χ4n) is 3.20. The average Bonchev–Trinajstić information content (AvgIpc) is 3.22. The third kappa shape index (κ3) is 4.63. The number of nitrogens with one attached hydrogen (secondary N) is 2. The van der Waals surface area contributed by atoms with Gasteiger partial charge in [-0.15, -0.1) is 0 Å². The minimum atomic E-state index is -4.50. The van der Waals surface area contributed by atoms with Crippen LogP contribution in [-0.4, -0.2) is 43.1 Å². The Labute approximate surface area is 161 Å². The number of hydrogen-bond donors (Lipinski definition) is 2. The first-order valence-corrected chi connectivity index (χ1v) is 9.37. The topological polar surface area (TPSA) is 84.9 Å². The summed E-state index contributed by atoms with van der Waals surface area (Å²) in [5.41, 5.74) is -0.853. The van der Waals surface area contributed by atoms with Crippen LogP contribution in [0.3, 0.4) is 0 Å². The molecule has 11 heteroatoms. The highest BCUT2D eigenvalue weighted by Crippen LogP contribution is 2.30. The molecule has 3 rings (SSSR count). The Morgan fingerprint density at radius 1 is 1.32 bits per heavy atom. The Kier molecular flexibility index (Phi) is 5.90. The minimum absolute atomic E-state index is 0.0435. The smallest absolute Gasteiger partial charge is 0.357 e. The maximum Gasteiger partial charge on any atom is 0.435 e. The highest BCUT2D eigenvalue weighted by Gasteiger charge is 2.36. The zero-order chi connectivity index (χ0) is 20.3. The van der Waals surface area contributed by atoms with Crippen LogP contribution < -0.4 is 10.6 Å². The van der Waals surface area contributed by atoms with Crippen LogP contribution in [0.25, 0.3) is 0 Å². The summed E-state index contributed by atoms with van der Waals surface area (Å²) >= 11 is 0. The van der Waals surface area contributed by atoms with Gasteiger partial charge in [-0.1, -0.05) is 6.92 Å². The molecule has 0 radical (unpaired) electrons. The van der Waals surface area contributed by atoms with Crippen LogP contribution in [0.15, 0.2) is 11.2 Å². The van der Waals surface area contributed by atoms with Gasteiger partial charge in [0.15, 0.2) is 17.5 Å². The van der Waals surface area contributed by atoms with E-state index in [2.05, 4.69) is 30.8 Å². The van der Waals surface area contributed by atoms with Crippen molar-refractivity contribution < 1.29 is 13.2 Å². The Hall–Kier alpha value is -2.59. The van der Waals surface area contributed by atoms with E-state index in [-0.39, 0.29) is 18.2 Å². The van der Waals surface area contributed by atoms with Gasteiger partial charge in [0.2, 0.25) is 0 Å². The lowest BCUT2D eigenvalue weighted by Crippen LogP contribution is -2.47. The summed E-state index contributed by atoms with van der Waals surface area (Å²) in [5.74, 6) is 2.28. The summed E-state index contributed by atoms with van der Waals surface area (Å²) in [6, 6.07) is 0.0766. The van der Waals surface area contributed by atoms with Gasteiger partial charge in [-0.05, 0) is 13.3 Å². The molecule has 0 saturated heterocycles. The van der Waals surface area contributed by atoms with Crippen molar-refractivity contribution in [3.8, 4) is 0 Å². The van der Waals surface area contributed by atoms with Crippen LogP contribution in [0, 0.1) is 0 Å². The molecule has 1 atom stereocenters. The van der Waals surface area contributed by atoms with Crippen molar-refractivity contribution in [3.63, 3.8) is 0 Å². The Balaban J connectivity index is 1.70. The number of alkyl halides is 3. The van der Waals surface area contributed by atoms with Gasteiger partial charge in [-0.3, -0.25) is 4.68 Å². The van der Waals surface area contributed by atoms with Gasteiger partial charge in [0.1, 0.15) is 5.82 Å². The van der Waals surface area contributed by atoms with Gasteiger partial charge < -0.3 is 10.6 Å². The summed E-state index contributed by atoms with van der Waals surface area (Å²) in [6.07, 6.45) is -0.709. The lowest BCUT2D eigenvalue weighted by molar-refractivity contribution is -0.142. The Morgan fingerprint density at radius 2 is 2.11 bits per heavy atom. The number of halogens is 3. The third-order valence-electron chi connectivity index (χ3n) is 4.48. The van der Waals surface area contributed by atoms with Crippen LogP contribution in [0.1, 0.15) is 43.2 Å². The zero-order valence-electron chi connectivity index (χ0n) is 16.2. The van der Waals surface area contributed by atoms with Crippen molar-refractivity contribution in [3.05, 3.63) is 29.1 Å². The van der Waals surface area contributed by atoms with Crippen LogP contribution in [0.2, 0.25) is 0 Å². The van der Waals surface area contributed by atoms with Gasteiger partial charge in [0, 0.05) is 44.2 Å². The van der Waals surface area contributed by atoms with E-state index < -0.39 is 11.9 Å². The molecular formula is C17H25F3N8. The Bertz CT molecular complexity index is 836. The minimum Gasteiger partial charge on any atom is -0.357 e. The van der Waals surface area contributed by atoms with E-state index >= 15 is 0 Å².